The minimum absolute atomic E-state index is 0.0162. The van der Waals surface area contributed by atoms with Gasteiger partial charge in [0.1, 0.15) is 0 Å². The van der Waals surface area contributed by atoms with Crippen molar-refractivity contribution < 1.29 is 13.5 Å². The highest BCUT2D eigenvalue weighted by Gasteiger charge is 2.26. The third-order valence-corrected chi connectivity index (χ3v) is 6.75. The zero-order valence-electron chi connectivity index (χ0n) is 11.9. The molecule has 0 aliphatic heterocycles. The Balaban J connectivity index is 2.13. The van der Waals surface area contributed by atoms with Crippen LogP contribution in [-0.2, 0) is 16.6 Å². The van der Waals surface area contributed by atoms with Crippen LogP contribution < -0.4 is 4.72 Å². The highest BCUT2D eigenvalue weighted by Crippen LogP contribution is 2.28. The molecule has 0 spiro atoms. The van der Waals surface area contributed by atoms with Crippen LogP contribution >= 0.6 is 23.4 Å². The largest absolute Gasteiger partial charge is 0.392 e. The van der Waals surface area contributed by atoms with E-state index in [-0.39, 0.29) is 22.6 Å². The molecule has 0 saturated heterocycles. The van der Waals surface area contributed by atoms with Gasteiger partial charge in [0.15, 0.2) is 0 Å². The van der Waals surface area contributed by atoms with Crippen molar-refractivity contribution in [3.63, 3.8) is 0 Å². The van der Waals surface area contributed by atoms with E-state index in [1.165, 1.54) is 12.1 Å². The van der Waals surface area contributed by atoms with Crippen LogP contribution in [0.4, 0.5) is 0 Å². The molecule has 1 aromatic carbocycles. The van der Waals surface area contributed by atoms with E-state index in [4.69, 9.17) is 16.7 Å². The van der Waals surface area contributed by atoms with E-state index in [1.54, 1.807) is 17.8 Å². The number of aliphatic hydroxyl groups is 1. The fraction of sp³-hybridized carbons (Fsp3) is 0.571. The van der Waals surface area contributed by atoms with E-state index in [2.05, 4.69) is 11.0 Å². The molecule has 0 radical (unpaired) electrons. The highest BCUT2D eigenvalue weighted by atomic mass is 35.5. The molecule has 2 rings (SSSR count). The lowest BCUT2D eigenvalue weighted by atomic mass is 9.96. The second-order valence-electron chi connectivity index (χ2n) is 5.25. The van der Waals surface area contributed by atoms with Gasteiger partial charge >= 0.3 is 0 Å². The predicted octanol–water partition coefficient (Wildman–Crippen LogP) is 2.78. The predicted molar refractivity (Wildman–Crippen MR) is 87.3 cm³/mol. The number of aliphatic hydroxyl groups excluding tert-OH is 1. The van der Waals surface area contributed by atoms with Gasteiger partial charge in [0.25, 0.3) is 0 Å². The number of sulfonamides is 1. The van der Waals surface area contributed by atoms with Crippen LogP contribution in [0.25, 0.3) is 0 Å². The normalized spacial score (nSPS) is 23.2. The summed E-state index contributed by atoms with van der Waals surface area (Å²) in [4.78, 5) is 0.149. The first-order valence-electron chi connectivity index (χ1n) is 6.90. The summed E-state index contributed by atoms with van der Waals surface area (Å²) in [5.74, 6) is 0. The molecule has 21 heavy (non-hydrogen) atoms. The fourth-order valence-electron chi connectivity index (χ4n) is 2.58. The summed E-state index contributed by atoms with van der Waals surface area (Å²) in [5.41, 5.74) is 0.524. The van der Waals surface area contributed by atoms with Gasteiger partial charge in [0.2, 0.25) is 10.0 Å². The Kier molecular flexibility index (Phi) is 5.96. The van der Waals surface area contributed by atoms with Crippen LogP contribution in [0.15, 0.2) is 23.1 Å². The van der Waals surface area contributed by atoms with Crippen LogP contribution in [0.1, 0.15) is 31.2 Å². The van der Waals surface area contributed by atoms with Crippen molar-refractivity contribution in [2.24, 2.45) is 0 Å². The molecule has 2 atom stereocenters. The van der Waals surface area contributed by atoms with Crippen LogP contribution in [0.2, 0.25) is 5.02 Å². The molecule has 1 fully saturated rings. The zero-order chi connectivity index (χ0) is 15.5. The SMILES string of the molecule is CSC1CCCC(NS(=O)(=O)c2ccc(CO)c(Cl)c2)C1. The second-order valence-corrected chi connectivity index (χ2v) is 8.51. The molecule has 0 heterocycles. The lowest BCUT2D eigenvalue weighted by molar-refractivity contribution is 0.282. The molecule has 2 unspecified atom stereocenters. The number of hydrogen-bond acceptors (Lipinski definition) is 4. The van der Waals surface area contributed by atoms with Gasteiger partial charge in [-0.1, -0.05) is 24.1 Å². The summed E-state index contributed by atoms with van der Waals surface area (Å²) in [6, 6.07) is 4.40. The Morgan fingerprint density at radius 1 is 1.43 bits per heavy atom. The van der Waals surface area contributed by atoms with Crippen molar-refractivity contribution in [2.45, 2.75) is 48.5 Å². The molecule has 4 nitrogen and oxygen atoms in total. The topological polar surface area (TPSA) is 66.4 Å². The third kappa shape index (κ3) is 4.36. The molecule has 2 N–H and O–H groups in total. The molecule has 1 aliphatic rings. The molecule has 0 aromatic heterocycles. The average Bonchev–Trinajstić information content (AvgIpc) is 2.47. The van der Waals surface area contributed by atoms with Gasteiger partial charge in [-0.2, -0.15) is 11.8 Å². The smallest absolute Gasteiger partial charge is 0.240 e. The number of thioether (sulfide) groups is 1. The van der Waals surface area contributed by atoms with Gasteiger partial charge in [-0.05, 0) is 43.2 Å². The van der Waals surface area contributed by atoms with E-state index < -0.39 is 10.0 Å². The molecule has 0 bridgehead atoms. The van der Waals surface area contributed by atoms with Crippen molar-refractivity contribution in [1.29, 1.82) is 0 Å². The van der Waals surface area contributed by atoms with E-state index >= 15 is 0 Å². The summed E-state index contributed by atoms with van der Waals surface area (Å²) >= 11 is 7.76. The number of nitrogens with one attached hydrogen (secondary N) is 1. The Morgan fingerprint density at radius 3 is 2.81 bits per heavy atom. The minimum Gasteiger partial charge on any atom is -0.392 e. The number of halogens is 1. The van der Waals surface area contributed by atoms with E-state index in [1.807, 2.05) is 0 Å². The van der Waals surface area contributed by atoms with Crippen LogP contribution in [0, 0.1) is 0 Å². The highest BCUT2D eigenvalue weighted by molar-refractivity contribution is 7.99. The molecule has 1 aromatic rings. The Labute approximate surface area is 135 Å². The lowest BCUT2D eigenvalue weighted by Crippen LogP contribution is -2.39. The maximum absolute atomic E-state index is 12.4. The Morgan fingerprint density at radius 2 is 2.19 bits per heavy atom. The standard InChI is InChI=1S/C14H20ClNO3S2/c1-20-12-4-2-3-11(7-12)16-21(18,19)13-6-5-10(9-17)14(15)8-13/h5-6,8,11-12,16-17H,2-4,7,9H2,1H3. The second kappa shape index (κ2) is 7.33. The number of rotatable bonds is 5. The van der Waals surface area contributed by atoms with Gasteiger partial charge in [0.05, 0.1) is 11.5 Å². The van der Waals surface area contributed by atoms with Gasteiger partial charge < -0.3 is 5.11 Å². The first kappa shape index (κ1) is 17.1. The van der Waals surface area contributed by atoms with Crippen molar-refractivity contribution >= 4 is 33.4 Å². The molecule has 1 aliphatic carbocycles. The van der Waals surface area contributed by atoms with Crippen molar-refractivity contribution in [2.75, 3.05) is 6.26 Å². The summed E-state index contributed by atoms with van der Waals surface area (Å²) in [7, 11) is -3.56. The summed E-state index contributed by atoms with van der Waals surface area (Å²) in [5, 5.41) is 9.87. The molecule has 7 heteroatoms. The minimum atomic E-state index is -3.56. The monoisotopic (exact) mass is 349 g/mol. The zero-order valence-corrected chi connectivity index (χ0v) is 14.3. The number of hydrogen-bond donors (Lipinski definition) is 2. The molecular formula is C14H20ClNO3S2. The summed E-state index contributed by atoms with van der Waals surface area (Å²) in [6.07, 6.45) is 6.00. The first-order valence-corrected chi connectivity index (χ1v) is 10.1. The Bertz CT molecular complexity index is 592. The Hall–Kier alpha value is -0.270. The fourth-order valence-corrected chi connectivity index (χ4v) is 5.02. The summed E-state index contributed by atoms with van der Waals surface area (Å²) < 4.78 is 27.6. The van der Waals surface area contributed by atoms with Crippen LogP contribution in [0.5, 0.6) is 0 Å². The van der Waals surface area contributed by atoms with Gasteiger partial charge in [-0.15, -0.1) is 0 Å². The summed E-state index contributed by atoms with van der Waals surface area (Å²) in [6.45, 7) is -0.204. The van der Waals surface area contributed by atoms with Gasteiger partial charge in [-0.3, -0.25) is 0 Å². The van der Waals surface area contributed by atoms with E-state index in [9.17, 15) is 8.42 Å². The maximum atomic E-state index is 12.4. The quantitative estimate of drug-likeness (QED) is 0.857. The molecular weight excluding hydrogens is 330 g/mol. The van der Waals surface area contributed by atoms with Gasteiger partial charge in [0, 0.05) is 16.3 Å². The third-order valence-electron chi connectivity index (χ3n) is 3.79. The van der Waals surface area contributed by atoms with Crippen LogP contribution in [0.3, 0.4) is 0 Å². The van der Waals surface area contributed by atoms with E-state index in [0.29, 0.717) is 10.8 Å². The molecule has 118 valence electrons. The number of benzene rings is 1. The maximum Gasteiger partial charge on any atom is 0.240 e. The van der Waals surface area contributed by atoms with Gasteiger partial charge in [-0.25, -0.2) is 13.1 Å². The average molecular weight is 350 g/mol. The lowest BCUT2D eigenvalue weighted by Gasteiger charge is -2.28. The van der Waals surface area contributed by atoms with Crippen LogP contribution in [-0.4, -0.2) is 31.1 Å². The van der Waals surface area contributed by atoms with E-state index in [0.717, 1.165) is 25.7 Å². The van der Waals surface area contributed by atoms with Crippen molar-refractivity contribution in [1.82, 2.24) is 4.72 Å². The van der Waals surface area contributed by atoms with Crippen molar-refractivity contribution in [3.8, 4) is 0 Å². The first-order chi connectivity index (χ1) is 9.96. The van der Waals surface area contributed by atoms with Crippen molar-refractivity contribution in [3.05, 3.63) is 28.8 Å². The molecule has 0 amide bonds. The molecule has 1 saturated carbocycles.